The van der Waals surface area contributed by atoms with Gasteiger partial charge in [-0.2, -0.15) is 8.78 Å². The van der Waals surface area contributed by atoms with Gasteiger partial charge in [-0.1, -0.05) is 0 Å². The number of halogens is 4. The fraction of sp³-hybridized carbons (Fsp3) is 0.750. The van der Waals surface area contributed by atoms with E-state index in [1.807, 2.05) is 0 Å². The van der Waals surface area contributed by atoms with Crippen molar-refractivity contribution in [3.05, 3.63) is 12.2 Å². The Morgan fingerprint density at radius 3 is 2.20 bits per heavy atom. The summed E-state index contributed by atoms with van der Waals surface area (Å²) in [7, 11) is 0. The van der Waals surface area contributed by atoms with Crippen molar-refractivity contribution < 1.29 is 17.6 Å². The molecule has 0 aromatic carbocycles. The molecule has 0 saturated carbocycles. The van der Waals surface area contributed by atoms with Crippen molar-refractivity contribution in [2.45, 2.75) is 38.7 Å². The first kappa shape index (κ1) is 11.9. The summed E-state index contributed by atoms with van der Waals surface area (Å²) >= 11 is 0. The molecular weight excluding hydrogens is 214 g/mol. The van der Waals surface area contributed by atoms with E-state index in [1.54, 1.807) is 20.8 Å². The van der Waals surface area contributed by atoms with E-state index in [4.69, 9.17) is 0 Å². The van der Waals surface area contributed by atoms with Crippen LogP contribution in [0.5, 0.6) is 0 Å². The maximum absolute atomic E-state index is 13.0. The second-order valence-electron chi connectivity index (χ2n) is 4.12. The van der Waals surface area contributed by atoms with Crippen LogP contribution >= 0.6 is 0 Å². The lowest BCUT2D eigenvalue weighted by Gasteiger charge is -2.25. The van der Waals surface area contributed by atoms with E-state index in [9.17, 15) is 17.6 Å². The molecule has 86 valence electrons. The topological polar surface area (TPSA) is 30.7 Å². The van der Waals surface area contributed by atoms with Crippen LogP contribution < -0.4 is 0 Å². The largest absolute Gasteiger partial charge is 0.365 e. The molecule has 1 aromatic heterocycles. The van der Waals surface area contributed by atoms with E-state index in [2.05, 4.69) is 10.2 Å². The molecule has 15 heavy (non-hydrogen) atoms. The Morgan fingerprint density at radius 2 is 1.80 bits per heavy atom. The van der Waals surface area contributed by atoms with Gasteiger partial charge in [0.05, 0.1) is 0 Å². The summed E-state index contributed by atoms with van der Waals surface area (Å²) in [4.78, 5) is 0. The smallest absolute Gasteiger partial charge is 0.307 e. The molecule has 0 saturated heterocycles. The molecular formula is C8H11F4N3. The van der Waals surface area contributed by atoms with Crippen LogP contribution in [0.15, 0.2) is 6.33 Å². The molecule has 0 amide bonds. The first-order valence-electron chi connectivity index (χ1n) is 4.24. The summed E-state index contributed by atoms with van der Waals surface area (Å²) < 4.78 is 51.2. The molecule has 0 aliphatic rings. The summed E-state index contributed by atoms with van der Waals surface area (Å²) in [6, 6.07) is 0. The molecule has 0 N–H and O–H groups in total. The average molecular weight is 225 g/mol. The molecule has 0 aliphatic heterocycles. The third-order valence-corrected chi connectivity index (χ3v) is 1.84. The standard InChI is InChI=1S/C8H11F4N3/c1-7(2,3)15-4-13-14-6(15)8(11,12)5(9)10/h4-5H,1-3H3. The van der Waals surface area contributed by atoms with Crippen LogP contribution in [0.4, 0.5) is 17.6 Å². The van der Waals surface area contributed by atoms with Crippen LogP contribution in [0, 0.1) is 0 Å². The maximum atomic E-state index is 13.0. The van der Waals surface area contributed by atoms with E-state index in [1.165, 1.54) is 0 Å². The lowest BCUT2D eigenvalue weighted by atomic mass is 10.1. The molecule has 1 heterocycles. The minimum atomic E-state index is -4.27. The number of nitrogens with zero attached hydrogens (tertiary/aromatic N) is 3. The van der Waals surface area contributed by atoms with Gasteiger partial charge in [0.25, 0.3) is 0 Å². The normalized spacial score (nSPS) is 13.6. The highest BCUT2D eigenvalue weighted by Crippen LogP contribution is 2.34. The van der Waals surface area contributed by atoms with Crippen molar-refractivity contribution >= 4 is 0 Å². The van der Waals surface area contributed by atoms with Gasteiger partial charge in [0.1, 0.15) is 6.33 Å². The van der Waals surface area contributed by atoms with Gasteiger partial charge < -0.3 is 4.57 Å². The highest BCUT2D eigenvalue weighted by molar-refractivity contribution is 5.01. The Morgan fingerprint density at radius 1 is 1.27 bits per heavy atom. The summed E-state index contributed by atoms with van der Waals surface area (Å²) in [5.41, 5.74) is -0.767. The highest BCUT2D eigenvalue weighted by atomic mass is 19.3. The van der Waals surface area contributed by atoms with Gasteiger partial charge in [-0.3, -0.25) is 0 Å². The highest BCUT2D eigenvalue weighted by Gasteiger charge is 2.48. The van der Waals surface area contributed by atoms with Gasteiger partial charge in [-0.15, -0.1) is 10.2 Å². The molecule has 0 radical (unpaired) electrons. The van der Waals surface area contributed by atoms with Crippen molar-refractivity contribution in [1.82, 2.24) is 14.8 Å². The van der Waals surface area contributed by atoms with Gasteiger partial charge in [-0.25, -0.2) is 8.78 Å². The summed E-state index contributed by atoms with van der Waals surface area (Å²) in [6.45, 7) is 4.80. The molecule has 0 unspecified atom stereocenters. The van der Waals surface area contributed by atoms with E-state index in [0.717, 1.165) is 10.9 Å². The van der Waals surface area contributed by atoms with Crippen LogP contribution in [0.2, 0.25) is 0 Å². The Labute approximate surface area is 84.1 Å². The Bertz CT molecular complexity index is 340. The molecule has 1 rings (SSSR count). The fourth-order valence-electron chi connectivity index (χ4n) is 1.05. The first-order valence-corrected chi connectivity index (χ1v) is 4.24. The first-order chi connectivity index (χ1) is 6.67. The number of hydrogen-bond acceptors (Lipinski definition) is 2. The summed E-state index contributed by atoms with van der Waals surface area (Å²) in [5, 5.41) is 6.30. The van der Waals surface area contributed by atoms with Crippen LogP contribution in [0.25, 0.3) is 0 Å². The minimum Gasteiger partial charge on any atom is -0.307 e. The Kier molecular flexibility index (Phi) is 2.75. The summed E-state index contributed by atoms with van der Waals surface area (Å²) in [5.74, 6) is -5.28. The zero-order chi connectivity index (χ0) is 11.9. The van der Waals surface area contributed by atoms with Crippen LogP contribution in [-0.4, -0.2) is 21.2 Å². The molecule has 0 spiro atoms. The van der Waals surface area contributed by atoms with Gasteiger partial charge in [-0.05, 0) is 20.8 Å². The van der Waals surface area contributed by atoms with Crippen molar-refractivity contribution in [3.8, 4) is 0 Å². The predicted molar refractivity (Wildman–Crippen MR) is 44.9 cm³/mol. The fourth-order valence-corrected chi connectivity index (χ4v) is 1.05. The second kappa shape index (κ2) is 3.46. The van der Waals surface area contributed by atoms with Gasteiger partial charge in [0.15, 0.2) is 0 Å². The maximum Gasteiger partial charge on any atom is 0.365 e. The van der Waals surface area contributed by atoms with Gasteiger partial charge >= 0.3 is 12.3 Å². The molecule has 0 fully saturated rings. The number of rotatable bonds is 2. The molecule has 0 atom stereocenters. The number of alkyl halides is 4. The quantitative estimate of drug-likeness (QED) is 0.723. The number of hydrogen-bond donors (Lipinski definition) is 0. The van der Waals surface area contributed by atoms with Crippen molar-refractivity contribution in [3.63, 3.8) is 0 Å². The lowest BCUT2D eigenvalue weighted by Crippen LogP contribution is -2.33. The second-order valence-corrected chi connectivity index (χ2v) is 4.12. The molecule has 7 heteroatoms. The zero-order valence-corrected chi connectivity index (χ0v) is 8.51. The van der Waals surface area contributed by atoms with Gasteiger partial charge in [0.2, 0.25) is 5.82 Å². The number of aromatic nitrogens is 3. The van der Waals surface area contributed by atoms with Crippen molar-refractivity contribution in [2.75, 3.05) is 0 Å². The Balaban J connectivity index is 3.22. The van der Waals surface area contributed by atoms with E-state index >= 15 is 0 Å². The van der Waals surface area contributed by atoms with E-state index in [0.29, 0.717) is 0 Å². The molecule has 1 aromatic rings. The third kappa shape index (κ3) is 2.10. The average Bonchev–Trinajstić information content (AvgIpc) is 2.49. The summed E-state index contributed by atoms with van der Waals surface area (Å²) in [6.07, 6.45) is -2.77. The van der Waals surface area contributed by atoms with Crippen molar-refractivity contribution in [2.24, 2.45) is 0 Å². The van der Waals surface area contributed by atoms with E-state index in [-0.39, 0.29) is 0 Å². The minimum absolute atomic E-state index is 0.767. The van der Waals surface area contributed by atoms with E-state index < -0.39 is 23.7 Å². The monoisotopic (exact) mass is 225 g/mol. The predicted octanol–water partition coefficient (Wildman–Crippen LogP) is 2.39. The molecule has 0 aliphatic carbocycles. The van der Waals surface area contributed by atoms with Gasteiger partial charge in [0, 0.05) is 5.54 Å². The third-order valence-electron chi connectivity index (χ3n) is 1.84. The molecule has 0 bridgehead atoms. The SMILES string of the molecule is CC(C)(C)n1cnnc1C(F)(F)C(F)F. The lowest BCUT2D eigenvalue weighted by molar-refractivity contribution is -0.144. The van der Waals surface area contributed by atoms with Crippen LogP contribution in [0.1, 0.15) is 26.6 Å². The Hall–Kier alpha value is -1.14. The van der Waals surface area contributed by atoms with Crippen LogP contribution in [-0.2, 0) is 11.5 Å². The van der Waals surface area contributed by atoms with Crippen LogP contribution in [0.3, 0.4) is 0 Å². The molecule has 3 nitrogen and oxygen atoms in total. The van der Waals surface area contributed by atoms with Crippen molar-refractivity contribution in [1.29, 1.82) is 0 Å². The zero-order valence-electron chi connectivity index (χ0n) is 8.51.